The van der Waals surface area contributed by atoms with E-state index in [9.17, 15) is 0 Å². The zero-order valence-electron chi connectivity index (χ0n) is 6.17. The monoisotopic (exact) mass is 148 g/mol. The van der Waals surface area contributed by atoms with Crippen LogP contribution in [0.5, 0.6) is 0 Å². The molecule has 0 fully saturated rings. The van der Waals surface area contributed by atoms with Gasteiger partial charge in [0.1, 0.15) is 0 Å². The SMILES string of the molecule is CCCC(S)CC(C)O. The number of aliphatic hydroxyl groups excluding tert-OH is 1. The first kappa shape index (κ1) is 9.31. The van der Waals surface area contributed by atoms with E-state index in [-0.39, 0.29) is 6.10 Å². The third-order valence-electron chi connectivity index (χ3n) is 1.24. The van der Waals surface area contributed by atoms with Crippen LogP contribution in [0.1, 0.15) is 33.1 Å². The van der Waals surface area contributed by atoms with Gasteiger partial charge in [-0.25, -0.2) is 0 Å². The lowest BCUT2D eigenvalue weighted by Crippen LogP contribution is -2.09. The molecule has 0 aromatic carbocycles. The van der Waals surface area contributed by atoms with Gasteiger partial charge in [-0.05, 0) is 19.8 Å². The molecule has 0 rings (SSSR count). The summed E-state index contributed by atoms with van der Waals surface area (Å²) in [5.41, 5.74) is 0. The van der Waals surface area contributed by atoms with Crippen molar-refractivity contribution >= 4 is 12.6 Å². The molecule has 2 heteroatoms. The van der Waals surface area contributed by atoms with Crippen molar-refractivity contribution in [2.75, 3.05) is 0 Å². The molecular weight excluding hydrogens is 132 g/mol. The molecule has 56 valence electrons. The van der Waals surface area contributed by atoms with E-state index in [1.807, 2.05) is 0 Å². The third kappa shape index (κ3) is 6.19. The normalized spacial score (nSPS) is 17.3. The molecular formula is C7H16OS. The van der Waals surface area contributed by atoms with Crippen molar-refractivity contribution in [2.24, 2.45) is 0 Å². The quantitative estimate of drug-likeness (QED) is 0.583. The van der Waals surface area contributed by atoms with Crippen molar-refractivity contribution in [1.82, 2.24) is 0 Å². The lowest BCUT2D eigenvalue weighted by atomic mass is 10.1. The summed E-state index contributed by atoms with van der Waals surface area (Å²) < 4.78 is 0. The third-order valence-corrected chi connectivity index (χ3v) is 1.70. The highest BCUT2D eigenvalue weighted by Crippen LogP contribution is 2.10. The highest BCUT2D eigenvalue weighted by molar-refractivity contribution is 7.80. The van der Waals surface area contributed by atoms with Gasteiger partial charge in [-0.15, -0.1) is 0 Å². The van der Waals surface area contributed by atoms with Crippen LogP contribution in [-0.4, -0.2) is 16.5 Å². The Kier molecular flexibility index (Phi) is 5.30. The van der Waals surface area contributed by atoms with Crippen molar-refractivity contribution in [3.8, 4) is 0 Å². The van der Waals surface area contributed by atoms with E-state index in [1.165, 1.54) is 0 Å². The van der Waals surface area contributed by atoms with E-state index in [1.54, 1.807) is 6.92 Å². The van der Waals surface area contributed by atoms with Crippen LogP contribution in [0.15, 0.2) is 0 Å². The summed E-state index contributed by atoms with van der Waals surface area (Å²) in [6.07, 6.45) is 2.88. The second-order valence-electron chi connectivity index (χ2n) is 2.53. The molecule has 0 aliphatic heterocycles. The van der Waals surface area contributed by atoms with E-state index in [0.717, 1.165) is 19.3 Å². The number of aliphatic hydroxyl groups is 1. The van der Waals surface area contributed by atoms with Gasteiger partial charge in [0.05, 0.1) is 6.10 Å². The molecule has 0 aromatic heterocycles. The van der Waals surface area contributed by atoms with E-state index in [4.69, 9.17) is 5.11 Å². The highest BCUT2D eigenvalue weighted by atomic mass is 32.1. The summed E-state index contributed by atoms with van der Waals surface area (Å²) in [6, 6.07) is 0. The van der Waals surface area contributed by atoms with Crippen molar-refractivity contribution in [2.45, 2.75) is 44.5 Å². The Labute approximate surface area is 62.9 Å². The van der Waals surface area contributed by atoms with E-state index in [2.05, 4.69) is 19.6 Å². The van der Waals surface area contributed by atoms with Gasteiger partial charge in [-0.3, -0.25) is 0 Å². The van der Waals surface area contributed by atoms with Crippen molar-refractivity contribution in [1.29, 1.82) is 0 Å². The minimum Gasteiger partial charge on any atom is -0.393 e. The van der Waals surface area contributed by atoms with Crippen LogP contribution in [0.25, 0.3) is 0 Å². The Morgan fingerprint density at radius 2 is 2.11 bits per heavy atom. The summed E-state index contributed by atoms with van der Waals surface area (Å²) >= 11 is 4.29. The average Bonchev–Trinajstić information content (AvgIpc) is 1.63. The van der Waals surface area contributed by atoms with Crippen LogP contribution < -0.4 is 0 Å². The zero-order valence-corrected chi connectivity index (χ0v) is 7.06. The first-order chi connectivity index (χ1) is 4.16. The summed E-state index contributed by atoms with van der Waals surface area (Å²) in [5, 5.41) is 9.28. The maximum Gasteiger partial charge on any atom is 0.0522 e. The summed E-state index contributed by atoms with van der Waals surface area (Å²) in [7, 11) is 0. The Hall–Kier alpha value is 0.310. The summed E-state index contributed by atoms with van der Waals surface area (Å²) in [6.45, 7) is 3.93. The van der Waals surface area contributed by atoms with E-state index < -0.39 is 0 Å². The van der Waals surface area contributed by atoms with Gasteiger partial charge in [-0.2, -0.15) is 12.6 Å². The fraction of sp³-hybridized carbons (Fsp3) is 1.00. The van der Waals surface area contributed by atoms with Crippen LogP contribution in [0, 0.1) is 0 Å². The van der Waals surface area contributed by atoms with Gasteiger partial charge in [0.15, 0.2) is 0 Å². The standard InChI is InChI=1S/C7H16OS/c1-3-4-7(9)5-6(2)8/h6-9H,3-5H2,1-2H3. The fourth-order valence-corrected chi connectivity index (χ4v) is 1.41. The van der Waals surface area contributed by atoms with Crippen LogP contribution in [0.4, 0.5) is 0 Å². The molecule has 2 unspecified atom stereocenters. The lowest BCUT2D eigenvalue weighted by Gasteiger charge is -2.09. The predicted molar refractivity (Wildman–Crippen MR) is 44.0 cm³/mol. The Bertz CT molecular complexity index is 63.9. The second-order valence-corrected chi connectivity index (χ2v) is 3.26. The van der Waals surface area contributed by atoms with Gasteiger partial charge in [0.2, 0.25) is 0 Å². The number of hydrogen-bond acceptors (Lipinski definition) is 2. The van der Waals surface area contributed by atoms with E-state index >= 15 is 0 Å². The molecule has 1 N–H and O–H groups in total. The molecule has 0 amide bonds. The molecule has 1 nitrogen and oxygen atoms in total. The first-order valence-corrected chi connectivity index (χ1v) is 4.04. The topological polar surface area (TPSA) is 20.2 Å². The Balaban J connectivity index is 3.15. The van der Waals surface area contributed by atoms with Crippen molar-refractivity contribution < 1.29 is 5.11 Å². The predicted octanol–water partition coefficient (Wildman–Crippen LogP) is 1.86. The molecule has 2 atom stereocenters. The zero-order chi connectivity index (χ0) is 7.28. The van der Waals surface area contributed by atoms with Crippen molar-refractivity contribution in [3.63, 3.8) is 0 Å². The molecule has 0 heterocycles. The van der Waals surface area contributed by atoms with Gasteiger partial charge in [0, 0.05) is 5.25 Å². The van der Waals surface area contributed by atoms with Gasteiger partial charge < -0.3 is 5.11 Å². The minimum absolute atomic E-state index is 0.195. The average molecular weight is 148 g/mol. The number of thiol groups is 1. The molecule has 0 spiro atoms. The van der Waals surface area contributed by atoms with Crippen LogP contribution >= 0.6 is 12.6 Å². The molecule has 0 saturated heterocycles. The molecule has 0 aliphatic carbocycles. The fourth-order valence-electron chi connectivity index (χ4n) is 0.845. The van der Waals surface area contributed by atoms with Crippen molar-refractivity contribution in [3.05, 3.63) is 0 Å². The first-order valence-electron chi connectivity index (χ1n) is 3.53. The molecule has 0 bridgehead atoms. The van der Waals surface area contributed by atoms with Crippen LogP contribution in [0.2, 0.25) is 0 Å². The van der Waals surface area contributed by atoms with Gasteiger partial charge >= 0.3 is 0 Å². The Morgan fingerprint density at radius 3 is 2.44 bits per heavy atom. The maximum atomic E-state index is 8.90. The van der Waals surface area contributed by atoms with Crippen LogP contribution in [0.3, 0.4) is 0 Å². The summed E-state index contributed by atoms with van der Waals surface area (Å²) in [4.78, 5) is 0. The minimum atomic E-state index is -0.195. The molecule has 0 aromatic rings. The van der Waals surface area contributed by atoms with Gasteiger partial charge in [-0.1, -0.05) is 13.3 Å². The molecule has 0 radical (unpaired) electrons. The molecule has 0 aliphatic rings. The second kappa shape index (κ2) is 5.12. The maximum absolute atomic E-state index is 8.90. The highest BCUT2D eigenvalue weighted by Gasteiger charge is 2.04. The largest absolute Gasteiger partial charge is 0.393 e. The number of hydrogen-bond donors (Lipinski definition) is 2. The smallest absolute Gasteiger partial charge is 0.0522 e. The van der Waals surface area contributed by atoms with Gasteiger partial charge in [0.25, 0.3) is 0 Å². The molecule has 0 saturated carbocycles. The lowest BCUT2D eigenvalue weighted by molar-refractivity contribution is 0.183. The Morgan fingerprint density at radius 1 is 1.56 bits per heavy atom. The summed E-state index contributed by atoms with van der Waals surface area (Å²) in [5.74, 6) is 0. The number of rotatable bonds is 4. The van der Waals surface area contributed by atoms with E-state index in [0.29, 0.717) is 5.25 Å². The van der Waals surface area contributed by atoms with Crippen LogP contribution in [-0.2, 0) is 0 Å². The molecule has 9 heavy (non-hydrogen) atoms.